The third-order valence-electron chi connectivity index (χ3n) is 4.79. The highest BCUT2D eigenvalue weighted by molar-refractivity contribution is 6.05. The van der Waals surface area contributed by atoms with Crippen LogP contribution in [0.2, 0.25) is 0 Å². The van der Waals surface area contributed by atoms with E-state index in [1.165, 1.54) is 6.07 Å². The normalized spacial score (nSPS) is 11.0. The molecule has 0 atom stereocenters. The van der Waals surface area contributed by atoms with Gasteiger partial charge in [0, 0.05) is 23.3 Å². The molecule has 2 aromatic heterocycles. The summed E-state index contributed by atoms with van der Waals surface area (Å²) in [6.07, 6.45) is 3.40. The Bertz CT molecular complexity index is 1250. The minimum atomic E-state index is -0.290. The van der Waals surface area contributed by atoms with Crippen molar-refractivity contribution in [3.8, 4) is 28.3 Å². The Morgan fingerprint density at radius 2 is 1.32 bits per heavy atom. The number of aromatic nitrogens is 3. The van der Waals surface area contributed by atoms with Crippen LogP contribution in [0.4, 0.5) is 4.39 Å². The van der Waals surface area contributed by atoms with E-state index in [9.17, 15) is 4.39 Å². The van der Waals surface area contributed by atoms with E-state index < -0.39 is 0 Å². The van der Waals surface area contributed by atoms with Crippen molar-refractivity contribution in [2.24, 2.45) is 0 Å². The van der Waals surface area contributed by atoms with Crippen molar-refractivity contribution < 1.29 is 4.39 Å². The topological polar surface area (TPSA) is 30.7 Å². The van der Waals surface area contributed by atoms with E-state index in [1.54, 1.807) is 24.5 Å². The second-order valence-electron chi connectivity index (χ2n) is 6.50. The van der Waals surface area contributed by atoms with Crippen LogP contribution in [0.15, 0.2) is 97.3 Å². The van der Waals surface area contributed by atoms with Crippen LogP contribution in [-0.4, -0.2) is 14.5 Å². The third-order valence-corrected chi connectivity index (χ3v) is 4.79. The Hall–Kier alpha value is -3.79. The van der Waals surface area contributed by atoms with Gasteiger partial charge in [-0.1, -0.05) is 60.7 Å². The molecule has 5 rings (SSSR count). The van der Waals surface area contributed by atoms with E-state index in [1.807, 2.05) is 47.0 Å². The Balaban J connectivity index is 1.98. The average Bonchev–Trinajstić information content (AvgIpc) is 3.10. The third kappa shape index (κ3) is 2.67. The maximum atomic E-state index is 14.2. The zero-order chi connectivity index (χ0) is 18.9. The van der Waals surface area contributed by atoms with Gasteiger partial charge in [0.1, 0.15) is 5.82 Å². The lowest BCUT2D eigenvalue weighted by Gasteiger charge is -2.11. The van der Waals surface area contributed by atoms with E-state index in [0.717, 1.165) is 33.3 Å². The lowest BCUT2D eigenvalue weighted by molar-refractivity contribution is 0.629. The summed E-state index contributed by atoms with van der Waals surface area (Å²) in [5, 5.41) is 0.957. The zero-order valence-electron chi connectivity index (χ0n) is 15.0. The molecule has 0 radical (unpaired) electrons. The van der Waals surface area contributed by atoms with Gasteiger partial charge in [-0.15, -0.1) is 0 Å². The van der Waals surface area contributed by atoms with Crippen LogP contribution >= 0.6 is 0 Å². The largest absolute Gasteiger partial charge is 0.277 e. The van der Waals surface area contributed by atoms with Gasteiger partial charge in [-0.3, -0.25) is 4.57 Å². The van der Waals surface area contributed by atoms with Crippen LogP contribution in [0.25, 0.3) is 39.2 Å². The minimum absolute atomic E-state index is 0.290. The summed E-state index contributed by atoms with van der Waals surface area (Å²) in [4.78, 5) is 8.90. The van der Waals surface area contributed by atoms with Crippen LogP contribution in [0, 0.1) is 5.82 Å². The minimum Gasteiger partial charge on any atom is -0.277 e. The average molecular weight is 365 g/mol. The number of hydrogen-bond donors (Lipinski definition) is 0. The first kappa shape index (κ1) is 16.4. The molecule has 0 aliphatic heterocycles. The van der Waals surface area contributed by atoms with E-state index in [0.29, 0.717) is 5.95 Å². The molecule has 4 heteroatoms. The Morgan fingerprint density at radius 1 is 0.679 bits per heavy atom. The van der Waals surface area contributed by atoms with Gasteiger partial charge < -0.3 is 0 Å². The summed E-state index contributed by atoms with van der Waals surface area (Å²) in [6.45, 7) is 0. The molecule has 0 aliphatic rings. The fourth-order valence-electron chi connectivity index (χ4n) is 3.64. The van der Waals surface area contributed by atoms with Gasteiger partial charge in [0.05, 0.1) is 11.2 Å². The lowest BCUT2D eigenvalue weighted by atomic mass is 9.98. The smallest absolute Gasteiger partial charge is 0.234 e. The molecule has 0 unspecified atom stereocenters. The van der Waals surface area contributed by atoms with Crippen molar-refractivity contribution >= 4 is 10.9 Å². The van der Waals surface area contributed by atoms with Crippen molar-refractivity contribution in [3.63, 3.8) is 0 Å². The Kier molecular flexibility index (Phi) is 3.95. The van der Waals surface area contributed by atoms with Crippen molar-refractivity contribution in [1.82, 2.24) is 14.5 Å². The molecule has 2 heterocycles. The van der Waals surface area contributed by atoms with Crippen LogP contribution in [0.3, 0.4) is 0 Å². The second kappa shape index (κ2) is 6.74. The molecule has 0 saturated heterocycles. The first-order chi connectivity index (χ1) is 13.8. The Morgan fingerprint density at radius 3 is 2.00 bits per heavy atom. The van der Waals surface area contributed by atoms with Gasteiger partial charge in [-0.25, -0.2) is 14.4 Å². The predicted octanol–water partition coefficient (Wildman–Crippen LogP) is 5.89. The second-order valence-corrected chi connectivity index (χ2v) is 6.50. The first-order valence-electron chi connectivity index (χ1n) is 9.05. The number of benzene rings is 3. The predicted molar refractivity (Wildman–Crippen MR) is 110 cm³/mol. The SMILES string of the molecule is Fc1ccc2c(-c3ccccc3)c(-c3ccccc3)n(-c3ncccn3)c2c1. The first-order valence-corrected chi connectivity index (χ1v) is 9.05. The van der Waals surface area contributed by atoms with Crippen molar-refractivity contribution in [2.45, 2.75) is 0 Å². The Labute approximate surface area is 161 Å². The highest BCUT2D eigenvalue weighted by atomic mass is 19.1. The standard InChI is InChI=1S/C24H16FN3/c25-19-12-13-20-21(16-19)28(24-26-14-7-15-27-24)23(18-10-5-2-6-11-18)22(20)17-8-3-1-4-9-17/h1-16H. The molecule has 0 amide bonds. The quantitative estimate of drug-likeness (QED) is 0.399. The summed E-state index contributed by atoms with van der Waals surface area (Å²) >= 11 is 0. The number of rotatable bonds is 3. The van der Waals surface area contributed by atoms with Gasteiger partial charge in [0.2, 0.25) is 5.95 Å². The fraction of sp³-hybridized carbons (Fsp3) is 0. The lowest BCUT2D eigenvalue weighted by Crippen LogP contribution is -2.02. The van der Waals surface area contributed by atoms with E-state index in [2.05, 4.69) is 34.2 Å². The molecule has 0 bridgehead atoms. The van der Waals surface area contributed by atoms with Crippen molar-refractivity contribution in [3.05, 3.63) is 103 Å². The number of halogens is 1. The van der Waals surface area contributed by atoms with Gasteiger partial charge >= 0.3 is 0 Å². The van der Waals surface area contributed by atoms with Gasteiger partial charge in [0.25, 0.3) is 0 Å². The highest BCUT2D eigenvalue weighted by Crippen LogP contribution is 2.42. The molecular formula is C24H16FN3. The van der Waals surface area contributed by atoms with E-state index in [4.69, 9.17) is 0 Å². The molecule has 0 N–H and O–H groups in total. The number of fused-ring (bicyclic) bond motifs is 1. The molecule has 3 aromatic carbocycles. The molecule has 0 spiro atoms. The van der Waals surface area contributed by atoms with Crippen LogP contribution in [0.5, 0.6) is 0 Å². The maximum Gasteiger partial charge on any atom is 0.234 e. The number of hydrogen-bond acceptors (Lipinski definition) is 2. The van der Waals surface area contributed by atoms with Crippen molar-refractivity contribution in [2.75, 3.05) is 0 Å². The molecular weight excluding hydrogens is 349 g/mol. The summed E-state index contributed by atoms with van der Waals surface area (Å²) < 4.78 is 16.2. The van der Waals surface area contributed by atoms with Crippen LogP contribution < -0.4 is 0 Å². The van der Waals surface area contributed by atoms with Crippen molar-refractivity contribution in [1.29, 1.82) is 0 Å². The molecule has 0 saturated carbocycles. The van der Waals surface area contributed by atoms with Gasteiger partial charge in [0.15, 0.2) is 0 Å². The molecule has 134 valence electrons. The van der Waals surface area contributed by atoms with Gasteiger partial charge in [-0.2, -0.15) is 0 Å². The zero-order valence-corrected chi connectivity index (χ0v) is 15.0. The molecule has 28 heavy (non-hydrogen) atoms. The van der Waals surface area contributed by atoms with Gasteiger partial charge in [-0.05, 0) is 35.4 Å². The summed E-state index contributed by atoms with van der Waals surface area (Å²) in [6, 6.07) is 26.9. The molecule has 0 fully saturated rings. The van der Waals surface area contributed by atoms with Crippen LogP contribution in [0.1, 0.15) is 0 Å². The molecule has 0 aliphatic carbocycles. The van der Waals surface area contributed by atoms with E-state index >= 15 is 0 Å². The monoisotopic (exact) mass is 365 g/mol. The molecule has 3 nitrogen and oxygen atoms in total. The summed E-state index contributed by atoms with van der Waals surface area (Å²) in [5.74, 6) is 0.223. The van der Waals surface area contributed by atoms with E-state index in [-0.39, 0.29) is 5.82 Å². The molecule has 5 aromatic rings. The number of nitrogens with zero attached hydrogens (tertiary/aromatic N) is 3. The van der Waals surface area contributed by atoms with Crippen LogP contribution in [-0.2, 0) is 0 Å². The maximum absolute atomic E-state index is 14.2. The fourth-order valence-corrected chi connectivity index (χ4v) is 3.64. The highest BCUT2D eigenvalue weighted by Gasteiger charge is 2.22. The summed E-state index contributed by atoms with van der Waals surface area (Å²) in [5.41, 5.74) is 4.80. The summed E-state index contributed by atoms with van der Waals surface area (Å²) in [7, 11) is 0.